The van der Waals surface area contributed by atoms with Crippen molar-refractivity contribution in [1.82, 2.24) is 0 Å². The number of ketones is 1. The van der Waals surface area contributed by atoms with Crippen molar-refractivity contribution in [1.29, 1.82) is 0 Å². The Kier molecular flexibility index (Phi) is 2.85. The fourth-order valence-electron chi connectivity index (χ4n) is 1.92. The molecular formula is C13H15FO. The summed E-state index contributed by atoms with van der Waals surface area (Å²) in [5.41, 5.74) is 1.84. The van der Waals surface area contributed by atoms with Gasteiger partial charge in [0.15, 0.2) is 0 Å². The predicted octanol–water partition coefficient (Wildman–Crippen LogP) is 3.05. The highest BCUT2D eigenvalue weighted by Crippen LogP contribution is 2.28. The van der Waals surface area contributed by atoms with Gasteiger partial charge in [-0.05, 0) is 43.0 Å². The zero-order valence-corrected chi connectivity index (χ0v) is 8.92. The van der Waals surface area contributed by atoms with E-state index in [4.69, 9.17) is 0 Å². The second-order valence-corrected chi connectivity index (χ2v) is 4.34. The van der Waals surface area contributed by atoms with Crippen LogP contribution in [0.3, 0.4) is 0 Å². The van der Waals surface area contributed by atoms with E-state index in [1.807, 2.05) is 6.92 Å². The first-order valence-corrected chi connectivity index (χ1v) is 5.44. The molecule has 80 valence electrons. The summed E-state index contributed by atoms with van der Waals surface area (Å²) in [6.45, 7) is 1.85. The molecule has 15 heavy (non-hydrogen) atoms. The van der Waals surface area contributed by atoms with Gasteiger partial charge in [0.2, 0.25) is 0 Å². The van der Waals surface area contributed by atoms with Gasteiger partial charge in [0.25, 0.3) is 0 Å². The zero-order valence-electron chi connectivity index (χ0n) is 8.92. The van der Waals surface area contributed by atoms with Crippen molar-refractivity contribution in [2.75, 3.05) is 0 Å². The van der Waals surface area contributed by atoms with Crippen molar-refractivity contribution in [3.8, 4) is 0 Å². The van der Waals surface area contributed by atoms with Gasteiger partial charge in [-0.1, -0.05) is 12.5 Å². The zero-order chi connectivity index (χ0) is 10.8. The van der Waals surface area contributed by atoms with Gasteiger partial charge in [0, 0.05) is 12.3 Å². The van der Waals surface area contributed by atoms with E-state index in [2.05, 4.69) is 0 Å². The molecule has 1 aliphatic carbocycles. The summed E-state index contributed by atoms with van der Waals surface area (Å²) in [6, 6.07) is 4.64. The number of hydrogen-bond donors (Lipinski definition) is 0. The van der Waals surface area contributed by atoms with E-state index in [1.165, 1.54) is 18.6 Å². The number of benzene rings is 1. The van der Waals surface area contributed by atoms with Crippen LogP contribution in [0.25, 0.3) is 0 Å². The lowest BCUT2D eigenvalue weighted by Gasteiger charge is -2.24. The van der Waals surface area contributed by atoms with Crippen LogP contribution in [-0.4, -0.2) is 5.78 Å². The topological polar surface area (TPSA) is 17.1 Å². The largest absolute Gasteiger partial charge is 0.299 e. The van der Waals surface area contributed by atoms with Gasteiger partial charge in [-0.25, -0.2) is 4.39 Å². The lowest BCUT2D eigenvalue weighted by atomic mass is 9.80. The smallest absolute Gasteiger partial charge is 0.140 e. The summed E-state index contributed by atoms with van der Waals surface area (Å²) in [4.78, 5) is 11.7. The van der Waals surface area contributed by atoms with Crippen LogP contribution in [0.4, 0.5) is 4.39 Å². The molecule has 0 radical (unpaired) electrons. The number of rotatable bonds is 3. The third-order valence-electron chi connectivity index (χ3n) is 3.23. The van der Waals surface area contributed by atoms with Crippen molar-refractivity contribution in [3.63, 3.8) is 0 Å². The van der Waals surface area contributed by atoms with Crippen molar-refractivity contribution < 1.29 is 9.18 Å². The molecule has 2 heteroatoms. The Bertz CT molecular complexity index is 380. The minimum absolute atomic E-state index is 0.229. The molecule has 0 unspecified atom stereocenters. The molecule has 0 spiro atoms. The molecule has 0 N–H and O–H groups in total. The molecule has 1 saturated carbocycles. The van der Waals surface area contributed by atoms with E-state index in [0.717, 1.165) is 24.0 Å². The SMILES string of the molecule is Cc1cc(F)ccc1CC(=O)C1CCC1. The Labute approximate surface area is 89.3 Å². The third kappa shape index (κ3) is 2.25. The molecule has 0 atom stereocenters. The Morgan fingerprint density at radius 3 is 2.73 bits per heavy atom. The highest BCUT2D eigenvalue weighted by molar-refractivity contribution is 5.84. The minimum Gasteiger partial charge on any atom is -0.299 e. The van der Waals surface area contributed by atoms with Gasteiger partial charge in [-0.2, -0.15) is 0 Å². The fourth-order valence-corrected chi connectivity index (χ4v) is 1.92. The van der Waals surface area contributed by atoms with E-state index in [0.29, 0.717) is 12.2 Å². The first-order chi connectivity index (χ1) is 7.16. The summed E-state index contributed by atoms with van der Waals surface area (Å²) in [6.07, 6.45) is 3.73. The van der Waals surface area contributed by atoms with Crippen molar-refractivity contribution in [3.05, 3.63) is 35.1 Å². The van der Waals surface area contributed by atoms with Crippen LogP contribution >= 0.6 is 0 Å². The molecule has 2 rings (SSSR count). The number of hydrogen-bond acceptors (Lipinski definition) is 1. The third-order valence-corrected chi connectivity index (χ3v) is 3.23. The van der Waals surface area contributed by atoms with Crippen LogP contribution in [0.2, 0.25) is 0 Å². The Morgan fingerprint density at radius 1 is 1.47 bits per heavy atom. The van der Waals surface area contributed by atoms with Crippen LogP contribution in [0.15, 0.2) is 18.2 Å². The number of carbonyl (C=O) groups is 1. The van der Waals surface area contributed by atoms with Crippen LogP contribution in [-0.2, 0) is 11.2 Å². The number of carbonyl (C=O) groups excluding carboxylic acids is 1. The fraction of sp³-hybridized carbons (Fsp3) is 0.462. The van der Waals surface area contributed by atoms with E-state index in [-0.39, 0.29) is 11.7 Å². The van der Waals surface area contributed by atoms with Crippen LogP contribution in [0.5, 0.6) is 0 Å². The standard InChI is InChI=1S/C13H15FO/c1-9-7-12(14)6-5-11(9)8-13(15)10-3-2-4-10/h5-7,10H,2-4,8H2,1H3. The highest BCUT2D eigenvalue weighted by atomic mass is 19.1. The van der Waals surface area contributed by atoms with E-state index >= 15 is 0 Å². The molecule has 0 aliphatic heterocycles. The van der Waals surface area contributed by atoms with E-state index in [1.54, 1.807) is 6.07 Å². The van der Waals surface area contributed by atoms with Gasteiger partial charge < -0.3 is 0 Å². The van der Waals surface area contributed by atoms with Gasteiger partial charge in [0.05, 0.1) is 0 Å². The molecule has 1 fully saturated rings. The average Bonchev–Trinajstić information content (AvgIpc) is 2.07. The van der Waals surface area contributed by atoms with E-state index < -0.39 is 0 Å². The van der Waals surface area contributed by atoms with Gasteiger partial charge in [0.1, 0.15) is 11.6 Å². The first-order valence-electron chi connectivity index (χ1n) is 5.44. The maximum absolute atomic E-state index is 12.8. The molecule has 0 aromatic heterocycles. The van der Waals surface area contributed by atoms with Gasteiger partial charge in [-0.15, -0.1) is 0 Å². The van der Waals surface area contributed by atoms with Crippen LogP contribution in [0.1, 0.15) is 30.4 Å². The summed E-state index contributed by atoms with van der Waals surface area (Å²) >= 11 is 0. The molecule has 0 bridgehead atoms. The lowest BCUT2D eigenvalue weighted by molar-refractivity contribution is -0.124. The van der Waals surface area contributed by atoms with Crippen LogP contribution in [0, 0.1) is 18.7 Å². The number of halogens is 1. The predicted molar refractivity (Wildman–Crippen MR) is 57.2 cm³/mol. The van der Waals surface area contributed by atoms with Crippen molar-refractivity contribution in [2.45, 2.75) is 32.6 Å². The first kappa shape index (κ1) is 10.3. The molecule has 1 aromatic rings. The lowest BCUT2D eigenvalue weighted by Crippen LogP contribution is -2.23. The normalized spacial score (nSPS) is 16.1. The van der Waals surface area contributed by atoms with Crippen molar-refractivity contribution >= 4 is 5.78 Å². The minimum atomic E-state index is -0.229. The van der Waals surface area contributed by atoms with E-state index in [9.17, 15) is 9.18 Å². The molecule has 0 saturated heterocycles. The Balaban J connectivity index is 2.06. The number of Topliss-reactive ketones (excluding diaryl/α,β-unsaturated/α-hetero) is 1. The summed E-state index contributed by atoms with van der Waals surface area (Å²) in [7, 11) is 0. The van der Waals surface area contributed by atoms with Crippen molar-refractivity contribution in [2.24, 2.45) is 5.92 Å². The second kappa shape index (κ2) is 4.13. The molecule has 0 amide bonds. The van der Waals surface area contributed by atoms with Crippen LogP contribution < -0.4 is 0 Å². The highest BCUT2D eigenvalue weighted by Gasteiger charge is 2.25. The maximum atomic E-state index is 12.8. The Morgan fingerprint density at radius 2 is 2.20 bits per heavy atom. The maximum Gasteiger partial charge on any atom is 0.140 e. The molecule has 1 aliphatic rings. The summed E-state index contributed by atoms with van der Waals surface area (Å²) < 4.78 is 12.8. The van der Waals surface area contributed by atoms with Gasteiger partial charge >= 0.3 is 0 Å². The summed E-state index contributed by atoms with van der Waals surface area (Å²) in [5.74, 6) is 0.359. The quantitative estimate of drug-likeness (QED) is 0.742. The number of aryl methyl sites for hydroxylation is 1. The molecule has 0 heterocycles. The summed E-state index contributed by atoms with van der Waals surface area (Å²) in [5, 5.41) is 0. The molecule has 1 aromatic carbocycles. The van der Waals surface area contributed by atoms with Gasteiger partial charge in [-0.3, -0.25) is 4.79 Å². The Hall–Kier alpha value is -1.18. The average molecular weight is 206 g/mol. The molecule has 1 nitrogen and oxygen atoms in total. The molecular weight excluding hydrogens is 191 g/mol. The second-order valence-electron chi connectivity index (χ2n) is 4.34. The monoisotopic (exact) mass is 206 g/mol.